The second kappa shape index (κ2) is 15.7. The number of aliphatic hydroxyl groups is 1. The molecule has 0 unspecified atom stereocenters. The van der Waals surface area contributed by atoms with E-state index in [0.29, 0.717) is 6.61 Å². The zero-order valence-corrected chi connectivity index (χ0v) is 10.0. The van der Waals surface area contributed by atoms with Crippen molar-refractivity contribution in [1.82, 2.24) is 0 Å². The molecular formula is C11H26ClNO. The van der Waals surface area contributed by atoms with Gasteiger partial charge >= 0.3 is 0 Å². The van der Waals surface area contributed by atoms with Gasteiger partial charge in [-0.1, -0.05) is 44.9 Å². The van der Waals surface area contributed by atoms with E-state index in [1.54, 1.807) is 0 Å². The van der Waals surface area contributed by atoms with Gasteiger partial charge < -0.3 is 10.8 Å². The number of hydrogen-bond acceptors (Lipinski definition) is 2. The van der Waals surface area contributed by atoms with Crippen molar-refractivity contribution in [3.05, 3.63) is 0 Å². The van der Waals surface area contributed by atoms with E-state index in [2.05, 4.69) is 0 Å². The van der Waals surface area contributed by atoms with E-state index >= 15 is 0 Å². The molecule has 0 fully saturated rings. The molecule has 0 bridgehead atoms. The quantitative estimate of drug-likeness (QED) is 0.560. The molecular weight excluding hydrogens is 198 g/mol. The zero-order valence-electron chi connectivity index (χ0n) is 9.21. The first-order valence-corrected chi connectivity index (χ1v) is 5.72. The highest BCUT2D eigenvalue weighted by atomic mass is 35.5. The third-order valence-electron chi connectivity index (χ3n) is 2.36. The molecule has 0 radical (unpaired) electrons. The molecule has 0 aromatic carbocycles. The van der Waals surface area contributed by atoms with Gasteiger partial charge in [-0.15, -0.1) is 12.4 Å². The summed E-state index contributed by atoms with van der Waals surface area (Å²) in [7, 11) is 0. The molecule has 0 aliphatic carbocycles. The van der Waals surface area contributed by atoms with E-state index in [1.165, 1.54) is 51.4 Å². The first-order valence-electron chi connectivity index (χ1n) is 5.72. The third-order valence-corrected chi connectivity index (χ3v) is 2.36. The number of halogens is 1. The van der Waals surface area contributed by atoms with Crippen LogP contribution in [0.5, 0.6) is 0 Å². The average molecular weight is 224 g/mol. The van der Waals surface area contributed by atoms with Gasteiger partial charge in [0, 0.05) is 6.61 Å². The van der Waals surface area contributed by atoms with Crippen molar-refractivity contribution >= 4 is 12.4 Å². The molecule has 0 aromatic heterocycles. The Hall–Kier alpha value is 0.210. The fourth-order valence-corrected chi connectivity index (χ4v) is 1.49. The van der Waals surface area contributed by atoms with Crippen molar-refractivity contribution in [1.29, 1.82) is 0 Å². The molecule has 0 aliphatic rings. The first kappa shape index (κ1) is 16.6. The highest BCUT2D eigenvalue weighted by Gasteiger charge is 1.91. The van der Waals surface area contributed by atoms with E-state index < -0.39 is 0 Å². The zero-order chi connectivity index (χ0) is 9.78. The van der Waals surface area contributed by atoms with Gasteiger partial charge in [-0.25, -0.2) is 0 Å². The topological polar surface area (TPSA) is 46.2 Å². The normalized spacial score (nSPS) is 9.86. The Bertz CT molecular complexity index is 81.4. The lowest BCUT2D eigenvalue weighted by Gasteiger charge is -2.00. The molecule has 0 aliphatic heterocycles. The molecule has 2 nitrogen and oxygen atoms in total. The molecule has 0 rings (SSSR count). The van der Waals surface area contributed by atoms with Crippen molar-refractivity contribution in [2.75, 3.05) is 13.2 Å². The Morgan fingerprint density at radius 1 is 0.643 bits per heavy atom. The number of rotatable bonds is 10. The molecule has 0 saturated carbocycles. The lowest BCUT2D eigenvalue weighted by Crippen LogP contribution is -1.97. The van der Waals surface area contributed by atoms with Gasteiger partial charge in [0.2, 0.25) is 0 Å². The predicted octanol–water partition coefficient (Wildman–Crippen LogP) is 2.87. The second-order valence-electron chi connectivity index (χ2n) is 3.69. The van der Waals surface area contributed by atoms with Crippen molar-refractivity contribution in [2.24, 2.45) is 5.73 Å². The summed E-state index contributed by atoms with van der Waals surface area (Å²) in [5.41, 5.74) is 5.40. The molecule has 14 heavy (non-hydrogen) atoms. The molecule has 0 amide bonds. The van der Waals surface area contributed by atoms with Crippen LogP contribution >= 0.6 is 12.4 Å². The maximum absolute atomic E-state index is 8.55. The minimum atomic E-state index is 0. The maximum atomic E-state index is 8.55. The Morgan fingerprint density at radius 2 is 1.00 bits per heavy atom. The van der Waals surface area contributed by atoms with Crippen LogP contribution in [0.3, 0.4) is 0 Å². The molecule has 0 saturated heterocycles. The van der Waals surface area contributed by atoms with Gasteiger partial charge in [-0.3, -0.25) is 0 Å². The van der Waals surface area contributed by atoms with Gasteiger partial charge in [-0.05, 0) is 19.4 Å². The fourth-order valence-electron chi connectivity index (χ4n) is 1.49. The molecule has 0 atom stereocenters. The number of unbranched alkanes of at least 4 members (excludes halogenated alkanes) is 8. The van der Waals surface area contributed by atoms with Gasteiger partial charge in [0.05, 0.1) is 0 Å². The molecule has 0 heterocycles. The van der Waals surface area contributed by atoms with Gasteiger partial charge in [0.25, 0.3) is 0 Å². The minimum absolute atomic E-state index is 0. The molecule has 0 spiro atoms. The summed E-state index contributed by atoms with van der Waals surface area (Å²) in [4.78, 5) is 0. The fraction of sp³-hybridized carbons (Fsp3) is 1.00. The molecule has 0 aromatic rings. The van der Waals surface area contributed by atoms with Gasteiger partial charge in [0.15, 0.2) is 0 Å². The number of nitrogens with two attached hydrogens (primary N) is 1. The van der Waals surface area contributed by atoms with Crippen LogP contribution in [0.25, 0.3) is 0 Å². The standard InChI is InChI=1S/C11H25NO.ClH/c12-10-8-6-4-2-1-3-5-7-9-11-13;/h13H,1-12H2;1H. The van der Waals surface area contributed by atoms with Crippen LogP contribution in [0.4, 0.5) is 0 Å². The van der Waals surface area contributed by atoms with E-state index in [-0.39, 0.29) is 12.4 Å². The minimum Gasteiger partial charge on any atom is -0.396 e. The van der Waals surface area contributed by atoms with Crippen LogP contribution in [0, 0.1) is 0 Å². The van der Waals surface area contributed by atoms with E-state index in [1.807, 2.05) is 0 Å². The van der Waals surface area contributed by atoms with Crippen LogP contribution in [0.15, 0.2) is 0 Å². The predicted molar refractivity (Wildman–Crippen MR) is 64.9 cm³/mol. The lowest BCUT2D eigenvalue weighted by molar-refractivity contribution is 0.282. The summed E-state index contributed by atoms with van der Waals surface area (Å²) in [6.45, 7) is 1.20. The highest BCUT2D eigenvalue weighted by molar-refractivity contribution is 5.85. The summed E-state index contributed by atoms with van der Waals surface area (Å²) >= 11 is 0. The summed E-state index contributed by atoms with van der Waals surface area (Å²) < 4.78 is 0. The summed E-state index contributed by atoms with van der Waals surface area (Å²) in [5.74, 6) is 0. The van der Waals surface area contributed by atoms with Crippen molar-refractivity contribution in [3.8, 4) is 0 Å². The van der Waals surface area contributed by atoms with Crippen LogP contribution < -0.4 is 5.73 Å². The van der Waals surface area contributed by atoms with Gasteiger partial charge in [0.1, 0.15) is 0 Å². The van der Waals surface area contributed by atoms with Crippen LogP contribution in [-0.4, -0.2) is 18.3 Å². The first-order chi connectivity index (χ1) is 6.41. The van der Waals surface area contributed by atoms with E-state index in [9.17, 15) is 0 Å². The Labute approximate surface area is 94.7 Å². The Kier molecular flexibility index (Phi) is 18.6. The van der Waals surface area contributed by atoms with Crippen molar-refractivity contribution in [2.45, 2.75) is 57.8 Å². The second-order valence-corrected chi connectivity index (χ2v) is 3.69. The third kappa shape index (κ3) is 14.7. The van der Waals surface area contributed by atoms with Crippen molar-refractivity contribution in [3.63, 3.8) is 0 Å². The largest absolute Gasteiger partial charge is 0.396 e. The molecule has 3 N–H and O–H groups in total. The van der Waals surface area contributed by atoms with E-state index in [4.69, 9.17) is 10.8 Å². The smallest absolute Gasteiger partial charge is 0.0431 e. The maximum Gasteiger partial charge on any atom is 0.0431 e. The number of hydrogen-bond donors (Lipinski definition) is 2. The van der Waals surface area contributed by atoms with Gasteiger partial charge in [-0.2, -0.15) is 0 Å². The Balaban J connectivity index is 0. The summed E-state index contributed by atoms with van der Waals surface area (Å²) in [5, 5.41) is 8.55. The summed E-state index contributed by atoms with van der Waals surface area (Å²) in [6.07, 6.45) is 11.3. The monoisotopic (exact) mass is 223 g/mol. The summed E-state index contributed by atoms with van der Waals surface area (Å²) in [6, 6.07) is 0. The van der Waals surface area contributed by atoms with Crippen LogP contribution in [-0.2, 0) is 0 Å². The van der Waals surface area contributed by atoms with Crippen molar-refractivity contribution < 1.29 is 5.11 Å². The van der Waals surface area contributed by atoms with Crippen LogP contribution in [0.2, 0.25) is 0 Å². The Morgan fingerprint density at radius 3 is 1.36 bits per heavy atom. The van der Waals surface area contributed by atoms with Crippen LogP contribution in [0.1, 0.15) is 57.8 Å². The lowest BCUT2D eigenvalue weighted by atomic mass is 10.1. The highest BCUT2D eigenvalue weighted by Crippen LogP contribution is 2.08. The average Bonchev–Trinajstić information content (AvgIpc) is 2.16. The molecule has 3 heteroatoms. The SMILES string of the molecule is Cl.NCCCCCCCCCCCO. The molecule has 88 valence electrons. The number of aliphatic hydroxyl groups excluding tert-OH is 1. The van der Waals surface area contributed by atoms with E-state index in [0.717, 1.165) is 13.0 Å².